The summed E-state index contributed by atoms with van der Waals surface area (Å²) in [6.07, 6.45) is 3.31. The van der Waals surface area contributed by atoms with Gasteiger partial charge in [-0.3, -0.25) is 4.79 Å². The Labute approximate surface area is 111 Å². The Morgan fingerprint density at radius 3 is 2.47 bits per heavy atom. The molecule has 2 nitrogen and oxygen atoms in total. The van der Waals surface area contributed by atoms with Gasteiger partial charge in [-0.25, -0.2) is 0 Å². The fourth-order valence-electron chi connectivity index (χ4n) is 1.30. The molecule has 86 valence electrons. The van der Waals surface area contributed by atoms with E-state index in [0.29, 0.717) is 5.56 Å². The zero-order chi connectivity index (χ0) is 12.3. The molecule has 0 atom stereocenters. The largest absolute Gasteiger partial charge is 0.508 e. The number of carbonyl (C=O) groups is 1. The van der Waals surface area contributed by atoms with Crippen molar-refractivity contribution in [2.24, 2.45) is 0 Å². The monoisotopic (exact) mass is 308 g/mol. The summed E-state index contributed by atoms with van der Waals surface area (Å²) in [6.45, 7) is 0. The highest BCUT2D eigenvalue weighted by atomic mass is 79.9. The van der Waals surface area contributed by atoms with Crippen molar-refractivity contribution in [3.8, 4) is 5.75 Å². The van der Waals surface area contributed by atoms with Crippen LogP contribution >= 0.6 is 27.3 Å². The van der Waals surface area contributed by atoms with E-state index >= 15 is 0 Å². The van der Waals surface area contributed by atoms with Gasteiger partial charge in [-0.2, -0.15) is 0 Å². The standard InChI is InChI=1S/C13H9BrO2S/c14-13-8-6-11(17-13)5-7-12(16)9-1-3-10(15)4-2-9/h1-8,15H. The molecule has 0 fully saturated rings. The third kappa shape index (κ3) is 3.28. The third-order valence-electron chi connectivity index (χ3n) is 2.14. The predicted octanol–water partition coefficient (Wildman–Crippen LogP) is 4.11. The maximum atomic E-state index is 11.8. The lowest BCUT2D eigenvalue weighted by molar-refractivity contribution is 0.104. The molecule has 1 aromatic carbocycles. The number of ketones is 1. The van der Waals surface area contributed by atoms with Gasteiger partial charge >= 0.3 is 0 Å². The first kappa shape index (κ1) is 12.1. The second-order valence-electron chi connectivity index (χ2n) is 3.39. The molecule has 0 aliphatic heterocycles. The van der Waals surface area contributed by atoms with E-state index in [2.05, 4.69) is 15.9 Å². The predicted molar refractivity (Wildman–Crippen MR) is 73.5 cm³/mol. The fourth-order valence-corrected chi connectivity index (χ4v) is 2.62. The second kappa shape index (κ2) is 5.29. The van der Waals surface area contributed by atoms with Gasteiger partial charge in [0.25, 0.3) is 0 Å². The number of phenols is 1. The summed E-state index contributed by atoms with van der Waals surface area (Å²) in [5, 5.41) is 9.12. The van der Waals surface area contributed by atoms with E-state index in [-0.39, 0.29) is 11.5 Å². The number of aromatic hydroxyl groups is 1. The highest BCUT2D eigenvalue weighted by Gasteiger charge is 2.01. The van der Waals surface area contributed by atoms with Crippen molar-refractivity contribution in [1.82, 2.24) is 0 Å². The summed E-state index contributed by atoms with van der Waals surface area (Å²) in [5.41, 5.74) is 0.565. The van der Waals surface area contributed by atoms with Gasteiger partial charge in [-0.15, -0.1) is 11.3 Å². The molecule has 0 unspecified atom stereocenters. The maximum absolute atomic E-state index is 11.8. The number of thiophene rings is 1. The number of hydrogen-bond acceptors (Lipinski definition) is 3. The Morgan fingerprint density at radius 2 is 1.88 bits per heavy atom. The van der Waals surface area contributed by atoms with Crippen molar-refractivity contribution >= 4 is 39.1 Å². The van der Waals surface area contributed by atoms with Gasteiger partial charge in [0.1, 0.15) is 5.75 Å². The average molecular weight is 309 g/mol. The van der Waals surface area contributed by atoms with Crippen molar-refractivity contribution in [1.29, 1.82) is 0 Å². The molecule has 1 N–H and O–H groups in total. The molecular formula is C13H9BrO2S. The number of allylic oxidation sites excluding steroid dienone is 1. The molecule has 1 heterocycles. The van der Waals surface area contributed by atoms with E-state index in [1.165, 1.54) is 18.2 Å². The van der Waals surface area contributed by atoms with Gasteiger partial charge in [0.2, 0.25) is 0 Å². The molecule has 1 aromatic heterocycles. The topological polar surface area (TPSA) is 37.3 Å². The van der Waals surface area contributed by atoms with Crippen molar-refractivity contribution in [2.75, 3.05) is 0 Å². The van der Waals surface area contributed by atoms with E-state index in [9.17, 15) is 4.79 Å². The first-order chi connectivity index (χ1) is 8.15. The molecule has 4 heteroatoms. The van der Waals surface area contributed by atoms with E-state index in [1.54, 1.807) is 29.5 Å². The Bertz CT molecular complexity index is 555. The molecule has 0 aliphatic carbocycles. The molecule has 0 saturated carbocycles. The summed E-state index contributed by atoms with van der Waals surface area (Å²) in [5.74, 6) is 0.0854. The number of benzene rings is 1. The number of phenolic OH excluding ortho intramolecular Hbond substituents is 1. The minimum absolute atomic E-state index is 0.0745. The van der Waals surface area contributed by atoms with Crippen LogP contribution in [0.25, 0.3) is 6.08 Å². The maximum Gasteiger partial charge on any atom is 0.185 e. The van der Waals surface area contributed by atoms with Crippen LogP contribution in [0.15, 0.2) is 46.3 Å². The lowest BCUT2D eigenvalue weighted by atomic mass is 10.1. The Balaban J connectivity index is 2.11. The SMILES string of the molecule is O=C(C=Cc1ccc(Br)s1)c1ccc(O)cc1. The van der Waals surface area contributed by atoms with Crippen LogP contribution in [0.5, 0.6) is 5.75 Å². The minimum atomic E-state index is -0.0745. The van der Waals surface area contributed by atoms with Crippen LogP contribution in [0.2, 0.25) is 0 Å². The summed E-state index contributed by atoms with van der Waals surface area (Å²) in [6, 6.07) is 10.1. The van der Waals surface area contributed by atoms with Crippen molar-refractivity contribution in [3.63, 3.8) is 0 Å². The molecule has 2 aromatic rings. The zero-order valence-corrected chi connectivity index (χ0v) is 11.2. The second-order valence-corrected chi connectivity index (χ2v) is 5.88. The molecule has 0 spiro atoms. The van der Waals surface area contributed by atoms with Crippen molar-refractivity contribution < 1.29 is 9.90 Å². The van der Waals surface area contributed by atoms with Crippen LogP contribution in [0.4, 0.5) is 0 Å². The van der Waals surface area contributed by atoms with E-state index in [4.69, 9.17) is 5.11 Å². The summed E-state index contributed by atoms with van der Waals surface area (Å²) in [4.78, 5) is 12.8. The van der Waals surface area contributed by atoms with Crippen LogP contribution in [0.1, 0.15) is 15.2 Å². The number of rotatable bonds is 3. The molecular weight excluding hydrogens is 300 g/mol. The smallest absolute Gasteiger partial charge is 0.185 e. The normalized spacial score (nSPS) is 10.9. The molecule has 0 saturated heterocycles. The van der Waals surface area contributed by atoms with Crippen molar-refractivity contribution in [2.45, 2.75) is 0 Å². The van der Waals surface area contributed by atoms with Crippen LogP contribution in [0.3, 0.4) is 0 Å². The third-order valence-corrected chi connectivity index (χ3v) is 3.73. The van der Waals surface area contributed by atoms with E-state index < -0.39 is 0 Å². The highest BCUT2D eigenvalue weighted by Crippen LogP contribution is 2.23. The summed E-state index contributed by atoms with van der Waals surface area (Å²) >= 11 is 4.93. The Morgan fingerprint density at radius 1 is 1.18 bits per heavy atom. The lowest BCUT2D eigenvalue weighted by Crippen LogP contribution is -1.92. The van der Waals surface area contributed by atoms with Crippen LogP contribution < -0.4 is 0 Å². The Kier molecular flexibility index (Phi) is 3.76. The van der Waals surface area contributed by atoms with Gasteiger partial charge in [0.05, 0.1) is 3.79 Å². The zero-order valence-electron chi connectivity index (χ0n) is 8.76. The molecule has 2 rings (SSSR count). The van der Waals surface area contributed by atoms with Crippen molar-refractivity contribution in [3.05, 3.63) is 56.7 Å². The van der Waals surface area contributed by atoms with Gasteiger partial charge in [0.15, 0.2) is 5.78 Å². The van der Waals surface area contributed by atoms with Crippen LogP contribution in [-0.4, -0.2) is 10.9 Å². The van der Waals surface area contributed by atoms with Gasteiger partial charge in [-0.1, -0.05) is 0 Å². The fraction of sp³-hybridized carbons (Fsp3) is 0. The molecule has 0 amide bonds. The number of carbonyl (C=O) groups excluding carboxylic acids is 1. The quantitative estimate of drug-likeness (QED) is 0.684. The molecule has 0 radical (unpaired) electrons. The average Bonchev–Trinajstić information content (AvgIpc) is 2.73. The van der Waals surface area contributed by atoms with Gasteiger partial charge in [-0.05, 0) is 64.5 Å². The lowest BCUT2D eigenvalue weighted by Gasteiger charge is -1.95. The first-order valence-corrected chi connectivity index (χ1v) is 6.53. The number of halogens is 1. The Hall–Kier alpha value is -1.39. The number of hydrogen-bond donors (Lipinski definition) is 1. The van der Waals surface area contributed by atoms with Crippen LogP contribution in [0, 0.1) is 0 Å². The first-order valence-electron chi connectivity index (χ1n) is 4.92. The highest BCUT2D eigenvalue weighted by molar-refractivity contribution is 9.11. The minimum Gasteiger partial charge on any atom is -0.508 e. The summed E-state index contributed by atoms with van der Waals surface area (Å²) < 4.78 is 1.04. The molecule has 17 heavy (non-hydrogen) atoms. The summed E-state index contributed by atoms with van der Waals surface area (Å²) in [7, 11) is 0. The van der Waals surface area contributed by atoms with E-state index in [0.717, 1.165) is 8.66 Å². The van der Waals surface area contributed by atoms with Gasteiger partial charge < -0.3 is 5.11 Å². The van der Waals surface area contributed by atoms with Crippen LogP contribution in [-0.2, 0) is 0 Å². The molecule has 0 bridgehead atoms. The van der Waals surface area contributed by atoms with E-state index in [1.807, 2.05) is 12.1 Å². The van der Waals surface area contributed by atoms with Gasteiger partial charge in [0, 0.05) is 10.4 Å². The molecule has 0 aliphatic rings.